The van der Waals surface area contributed by atoms with Crippen molar-refractivity contribution < 1.29 is 9.52 Å². The van der Waals surface area contributed by atoms with Crippen LogP contribution in [0.5, 0.6) is 0 Å². The van der Waals surface area contributed by atoms with Gasteiger partial charge in [0.2, 0.25) is 5.89 Å². The zero-order valence-corrected chi connectivity index (χ0v) is 16.1. The number of aliphatic hydroxyl groups excluding tert-OH is 1. The second-order valence-electron chi connectivity index (χ2n) is 7.66. The predicted octanol–water partition coefficient (Wildman–Crippen LogP) is 3.03. The number of nitrogens with one attached hydrogen (secondary N) is 1. The van der Waals surface area contributed by atoms with Crippen LogP contribution in [0.2, 0.25) is 0 Å². The molecular weight excluding hydrogens is 340 g/mol. The van der Waals surface area contributed by atoms with Crippen LogP contribution in [0, 0.1) is 26.7 Å². The second-order valence-corrected chi connectivity index (χ2v) is 7.66. The van der Waals surface area contributed by atoms with E-state index in [-0.39, 0.29) is 12.0 Å². The van der Waals surface area contributed by atoms with Gasteiger partial charge in [-0.15, -0.1) is 0 Å². The summed E-state index contributed by atoms with van der Waals surface area (Å²) in [5.74, 6) is 1.69. The van der Waals surface area contributed by atoms with Crippen LogP contribution in [0.4, 0.5) is 0 Å². The highest BCUT2D eigenvalue weighted by atomic mass is 16.4. The third-order valence-corrected chi connectivity index (χ3v) is 5.24. The third-order valence-electron chi connectivity index (χ3n) is 5.24. The zero-order valence-electron chi connectivity index (χ0n) is 16.1. The zero-order chi connectivity index (χ0) is 19.0. The fraction of sp³-hybridized carbons (Fsp3) is 0.429. The maximum absolute atomic E-state index is 10.5. The van der Waals surface area contributed by atoms with E-state index in [2.05, 4.69) is 34.2 Å². The third kappa shape index (κ3) is 3.96. The first-order valence-electron chi connectivity index (χ1n) is 9.42. The van der Waals surface area contributed by atoms with E-state index in [4.69, 9.17) is 9.40 Å². The maximum atomic E-state index is 10.5. The van der Waals surface area contributed by atoms with Gasteiger partial charge in [-0.2, -0.15) is 5.10 Å². The Kier molecular flexibility index (Phi) is 4.85. The van der Waals surface area contributed by atoms with Crippen LogP contribution in [0.1, 0.15) is 28.4 Å². The highest BCUT2D eigenvalue weighted by molar-refractivity contribution is 5.54. The summed E-state index contributed by atoms with van der Waals surface area (Å²) < 4.78 is 5.90. The molecule has 1 aromatic carbocycles. The largest absolute Gasteiger partial charge is 0.441 e. The number of hydrogen-bond acceptors (Lipinski definition) is 5. The lowest BCUT2D eigenvalue weighted by molar-refractivity contribution is 0.140. The highest BCUT2D eigenvalue weighted by Gasteiger charge is 2.32. The van der Waals surface area contributed by atoms with E-state index < -0.39 is 0 Å². The van der Waals surface area contributed by atoms with Crippen LogP contribution in [-0.4, -0.2) is 44.4 Å². The highest BCUT2D eigenvalue weighted by Crippen LogP contribution is 2.26. The van der Waals surface area contributed by atoms with Crippen molar-refractivity contribution >= 4 is 0 Å². The monoisotopic (exact) mass is 366 g/mol. The van der Waals surface area contributed by atoms with E-state index in [1.165, 1.54) is 5.56 Å². The molecule has 0 saturated carbocycles. The Bertz CT molecular complexity index is 930. The summed E-state index contributed by atoms with van der Waals surface area (Å²) in [7, 11) is 0. The van der Waals surface area contributed by atoms with E-state index in [0.29, 0.717) is 19.0 Å². The number of nitrogens with zero attached hydrogens (tertiary/aromatic N) is 3. The summed E-state index contributed by atoms with van der Waals surface area (Å²) in [4.78, 5) is 6.96. The fourth-order valence-corrected chi connectivity index (χ4v) is 3.81. The van der Waals surface area contributed by atoms with Crippen LogP contribution >= 0.6 is 0 Å². The van der Waals surface area contributed by atoms with Crippen molar-refractivity contribution in [3.05, 3.63) is 58.7 Å². The molecule has 6 nitrogen and oxygen atoms in total. The van der Waals surface area contributed by atoms with Gasteiger partial charge in [0.15, 0.2) is 0 Å². The first-order chi connectivity index (χ1) is 13.0. The Morgan fingerprint density at radius 3 is 2.81 bits per heavy atom. The molecule has 0 aliphatic carbocycles. The van der Waals surface area contributed by atoms with Gasteiger partial charge in [0, 0.05) is 36.8 Å². The molecule has 2 aromatic heterocycles. The summed E-state index contributed by atoms with van der Waals surface area (Å²) in [6, 6.07) is 10.2. The van der Waals surface area contributed by atoms with E-state index in [0.717, 1.165) is 41.4 Å². The second kappa shape index (κ2) is 7.29. The molecule has 0 bridgehead atoms. The number of aliphatic hydroxyl groups is 1. The Morgan fingerprint density at radius 2 is 2.07 bits per heavy atom. The molecule has 3 aromatic rings. The van der Waals surface area contributed by atoms with E-state index in [9.17, 15) is 5.11 Å². The van der Waals surface area contributed by atoms with Crippen molar-refractivity contribution in [3.63, 3.8) is 0 Å². The van der Waals surface area contributed by atoms with Crippen LogP contribution in [0.3, 0.4) is 0 Å². The molecule has 3 heterocycles. The Labute approximate surface area is 159 Å². The van der Waals surface area contributed by atoms with Crippen molar-refractivity contribution in [1.29, 1.82) is 0 Å². The summed E-state index contributed by atoms with van der Waals surface area (Å²) in [5.41, 5.74) is 5.19. The van der Waals surface area contributed by atoms with Crippen molar-refractivity contribution in [1.82, 2.24) is 20.1 Å². The average molecular weight is 366 g/mol. The molecule has 0 amide bonds. The lowest BCUT2D eigenvalue weighted by Gasteiger charge is -2.13. The number of aryl methyl sites for hydroxylation is 3. The maximum Gasteiger partial charge on any atom is 0.226 e. The Morgan fingerprint density at radius 1 is 1.22 bits per heavy atom. The van der Waals surface area contributed by atoms with Crippen molar-refractivity contribution in [2.24, 2.45) is 5.92 Å². The normalized spacial score (nSPS) is 20.4. The number of β-amino-alcohol motifs (C(OH)–C–C–N with tert-alkyl or cyclic N) is 1. The van der Waals surface area contributed by atoms with Gasteiger partial charge in [-0.05, 0) is 45.4 Å². The minimum atomic E-state index is -0.342. The van der Waals surface area contributed by atoms with E-state index >= 15 is 0 Å². The van der Waals surface area contributed by atoms with E-state index in [1.807, 2.05) is 32.0 Å². The lowest BCUT2D eigenvalue weighted by atomic mass is 10.0. The van der Waals surface area contributed by atoms with Crippen LogP contribution in [0.15, 0.2) is 34.7 Å². The summed E-state index contributed by atoms with van der Waals surface area (Å²) >= 11 is 0. The minimum absolute atomic E-state index is 0.191. The SMILES string of the molecule is Cc1cccc(-c2nc(CN3C[C@@H](Cc4cc(C)[nH]n4)[C@H](O)C3)c(C)o2)c1. The molecule has 1 aliphatic rings. The number of rotatable bonds is 5. The predicted molar refractivity (Wildman–Crippen MR) is 103 cm³/mol. The van der Waals surface area contributed by atoms with Crippen molar-refractivity contribution in [2.45, 2.75) is 39.8 Å². The first kappa shape index (κ1) is 17.9. The molecule has 27 heavy (non-hydrogen) atoms. The molecule has 2 atom stereocenters. The minimum Gasteiger partial charge on any atom is -0.441 e. The number of H-pyrrole nitrogens is 1. The molecule has 1 saturated heterocycles. The lowest BCUT2D eigenvalue weighted by Crippen LogP contribution is -2.22. The van der Waals surface area contributed by atoms with Crippen molar-refractivity contribution in [2.75, 3.05) is 13.1 Å². The molecule has 0 radical (unpaired) electrons. The molecule has 0 unspecified atom stereocenters. The topological polar surface area (TPSA) is 78.2 Å². The Balaban J connectivity index is 1.44. The summed E-state index contributed by atoms with van der Waals surface area (Å²) in [6.07, 6.45) is 0.444. The summed E-state index contributed by atoms with van der Waals surface area (Å²) in [5, 5.41) is 17.7. The molecule has 1 fully saturated rings. The smallest absolute Gasteiger partial charge is 0.226 e. The van der Waals surface area contributed by atoms with Crippen molar-refractivity contribution in [3.8, 4) is 11.5 Å². The number of likely N-dealkylation sites (tertiary alicyclic amines) is 1. The van der Waals surface area contributed by atoms with Crippen LogP contribution < -0.4 is 0 Å². The number of oxazole rings is 1. The quantitative estimate of drug-likeness (QED) is 0.726. The number of hydrogen-bond donors (Lipinski definition) is 2. The molecule has 4 rings (SSSR count). The Hall–Kier alpha value is -2.44. The fourth-order valence-electron chi connectivity index (χ4n) is 3.81. The molecule has 1 aliphatic heterocycles. The van der Waals surface area contributed by atoms with Gasteiger partial charge in [0.1, 0.15) is 5.76 Å². The van der Waals surface area contributed by atoms with E-state index in [1.54, 1.807) is 0 Å². The standard InChI is InChI=1S/C21H26N4O2/c1-13-5-4-6-16(7-13)21-22-19(15(3)27-21)11-25-10-17(20(26)12-25)9-18-8-14(2)23-24-18/h4-8,17,20,26H,9-12H2,1-3H3,(H,23,24)/t17-,20-/m1/s1. The average Bonchev–Trinajstić information content (AvgIpc) is 3.29. The van der Waals surface area contributed by atoms with Gasteiger partial charge in [0.05, 0.1) is 17.5 Å². The molecule has 2 N–H and O–H groups in total. The number of aromatic nitrogens is 3. The van der Waals surface area contributed by atoms with Gasteiger partial charge in [-0.3, -0.25) is 10.00 Å². The molecule has 142 valence electrons. The first-order valence-corrected chi connectivity index (χ1v) is 9.42. The van der Waals surface area contributed by atoms with Gasteiger partial charge < -0.3 is 9.52 Å². The van der Waals surface area contributed by atoms with Gasteiger partial charge in [-0.1, -0.05) is 17.7 Å². The van der Waals surface area contributed by atoms with Crippen LogP contribution in [0.25, 0.3) is 11.5 Å². The molecule has 6 heteroatoms. The van der Waals surface area contributed by atoms with Gasteiger partial charge in [-0.25, -0.2) is 4.98 Å². The molecule has 0 spiro atoms. The number of benzene rings is 1. The van der Waals surface area contributed by atoms with Gasteiger partial charge in [0.25, 0.3) is 0 Å². The summed E-state index contributed by atoms with van der Waals surface area (Å²) in [6.45, 7) is 8.19. The molecular formula is C21H26N4O2. The van der Waals surface area contributed by atoms with Gasteiger partial charge >= 0.3 is 0 Å². The van der Waals surface area contributed by atoms with Crippen LogP contribution in [-0.2, 0) is 13.0 Å². The number of aromatic amines is 1.